The Bertz CT molecular complexity index is 449. The Kier molecular flexibility index (Phi) is 6.43. The second kappa shape index (κ2) is 7.60. The predicted octanol–water partition coefficient (Wildman–Crippen LogP) is 2.77. The smallest absolute Gasteiger partial charge is 0.227 e. The van der Waals surface area contributed by atoms with Gasteiger partial charge in [-0.3, -0.25) is 4.79 Å². The highest BCUT2D eigenvalue weighted by atomic mass is 35.5. The molecule has 1 aromatic rings. The molecule has 1 aromatic carbocycles. The number of hydrogen-bond donors (Lipinski definition) is 1. The third-order valence-corrected chi connectivity index (χ3v) is 3.93. The molecular weight excluding hydrogens is 279 g/mol. The van der Waals surface area contributed by atoms with E-state index in [1.165, 1.54) is 6.07 Å². The van der Waals surface area contributed by atoms with Crippen molar-refractivity contribution < 1.29 is 9.18 Å². The molecule has 3 nitrogen and oxygen atoms in total. The normalized spacial score (nSPS) is 19.9. The first-order valence-corrected chi connectivity index (χ1v) is 6.83. The summed E-state index contributed by atoms with van der Waals surface area (Å²) < 4.78 is 13.8. The summed E-state index contributed by atoms with van der Waals surface area (Å²) in [5, 5.41) is 3.24. The number of nitrogens with zero attached hydrogens (tertiary/aromatic N) is 1. The van der Waals surface area contributed by atoms with Gasteiger partial charge in [0, 0.05) is 19.2 Å². The zero-order valence-electron chi connectivity index (χ0n) is 11.9. The molecule has 0 radical (unpaired) electrons. The molecule has 112 valence electrons. The largest absolute Gasteiger partial charge is 0.339 e. The van der Waals surface area contributed by atoms with Gasteiger partial charge in [-0.05, 0) is 32.4 Å². The number of nitrogens with one attached hydrogen (secondary N) is 1. The number of piperidine rings is 1. The molecular formula is C15H22ClFN2O. The zero-order valence-corrected chi connectivity index (χ0v) is 12.8. The fourth-order valence-electron chi connectivity index (χ4n) is 2.56. The molecule has 1 aliphatic rings. The van der Waals surface area contributed by atoms with E-state index in [-0.39, 0.29) is 36.1 Å². The average Bonchev–Trinajstić information content (AvgIpc) is 2.46. The molecule has 1 unspecified atom stereocenters. The van der Waals surface area contributed by atoms with Crippen molar-refractivity contribution in [2.75, 3.05) is 20.1 Å². The van der Waals surface area contributed by atoms with Crippen molar-refractivity contribution in [3.05, 3.63) is 35.6 Å². The van der Waals surface area contributed by atoms with Crippen LogP contribution in [0.2, 0.25) is 0 Å². The number of rotatable bonds is 3. The van der Waals surface area contributed by atoms with Gasteiger partial charge in [0.1, 0.15) is 5.82 Å². The van der Waals surface area contributed by atoms with Crippen molar-refractivity contribution in [2.24, 2.45) is 5.92 Å². The summed E-state index contributed by atoms with van der Waals surface area (Å²) in [7, 11) is 1.76. The summed E-state index contributed by atoms with van der Waals surface area (Å²) in [6.07, 6.45) is 1.94. The third kappa shape index (κ3) is 3.70. The molecule has 1 heterocycles. The van der Waals surface area contributed by atoms with Crippen molar-refractivity contribution in [3.63, 3.8) is 0 Å². The molecule has 5 heteroatoms. The number of amides is 1. The number of halogens is 2. The first-order chi connectivity index (χ1) is 9.11. The standard InChI is InChI=1S/C15H21FN2O.ClH/c1-11(13-7-3-4-8-14(13)16)18(2)15(19)12-6-5-9-17-10-12;/h3-4,7-8,11-12,17H,5-6,9-10H2,1-2H3;1H/t11?,12-;/m1./s1. The maximum absolute atomic E-state index is 13.8. The van der Waals surface area contributed by atoms with Crippen molar-refractivity contribution in [3.8, 4) is 0 Å². The molecule has 2 rings (SSSR count). The fourth-order valence-corrected chi connectivity index (χ4v) is 2.56. The highest BCUT2D eigenvalue weighted by molar-refractivity contribution is 5.85. The molecule has 1 fully saturated rings. The van der Waals surface area contributed by atoms with Crippen molar-refractivity contribution in [1.29, 1.82) is 0 Å². The minimum atomic E-state index is -0.253. The Morgan fingerprint density at radius 3 is 2.75 bits per heavy atom. The maximum atomic E-state index is 13.8. The summed E-state index contributed by atoms with van der Waals surface area (Å²) in [6.45, 7) is 3.58. The number of carbonyl (C=O) groups is 1. The summed E-state index contributed by atoms with van der Waals surface area (Å²) in [6, 6.07) is 6.40. The second-order valence-electron chi connectivity index (χ2n) is 5.19. The van der Waals surface area contributed by atoms with Crippen molar-refractivity contribution in [1.82, 2.24) is 10.2 Å². The van der Waals surface area contributed by atoms with Crippen LogP contribution in [0.5, 0.6) is 0 Å². The molecule has 2 atom stereocenters. The topological polar surface area (TPSA) is 32.3 Å². The van der Waals surface area contributed by atoms with E-state index in [9.17, 15) is 9.18 Å². The second-order valence-corrected chi connectivity index (χ2v) is 5.19. The summed E-state index contributed by atoms with van der Waals surface area (Å²) >= 11 is 0. The van der Waals surface area contributed by atoms with Gasteiger partial charge in [0.15, 0.2) is 0 Å². The van der Waals surface area contributed by atoms with E-state index >= 15 is 0 Å². The minimum absolute atomic E-state index is 0. The van der Waals surface area contributed by atoms with Gasteiger partial charge in [0.25, 0.3) is 0 Å². The van der Waals surface area contributed by atoms with Gasteiger partial charge >= 0.3 is 0 Å². The van der Waals surface area contributed by atoms with Crippen LogP contribution in [0.4, 0.5) is 4.39 Å². The lowest BCUT2D eigenvalue weighted by Crippen LogP contribution is -2.42. The maximum Gasteiger partial charge on any atom is 0.227 e. The SMILES string of the molecule is CC(c1ccccc1F)N(C)C(=O)[C@@H]1CCCNC1.Cl. The molecule has 0 aromatic heterocycles. The van der Waals surface area contributed by atoms with Gasteiger partial charge in [-0.2, -0.15) is 0 Å². The van der Waals surface area contributed by atoms with Gasteiger partial charge < -0.3 is 10.2 Å². The Morgan fingerprint density at radius 1 is 1.45 bits per heavy atom. The molecule has 1 amide bonds. The highest BCUT2D eigenvalue weighted by Crippen LogP contribution is 2.24. The monoisotopic (exact) mass is 300 g/mol. The fraction of sp³-hybridized carbons (Fsp3) is 0.533. The molecule has 0 aliphatic carbocycles. The number of carbonyl (C=O) groups excluding carboxylic acids is 1. The predicted molar refractivity (Wildman–Crippen MR) is 80.4 cm³/mol. The van der Waals surface area contributed by atoms with Gasteiger partial charge in [-0.15, -0.1) is 12.4 Å². The van der Waals surface area contributed by atoms with Gasteiger partial charge in [-0.25, -0.2) is 4.39 Å². The van der Waals surface area contributed by atoms with E-state index in [1.807, 2.05) is 6.92 Å². The molecule has 0 saturated carbocycles. The molecule has 0 spiro atoms. The molecule has 1 aliphatic heterocycles. The van der Waals surface area contributed by atoms with Crippen LogP contribution < -0.4 is 5.32 Å². The number of benzene rings is 1. The Morgan fingerprint density at radius 2 is 2.15 bits per heavy atom. The van der Waals surface area contributed by atoms with Crippen LogP contribution in [0.1, 0.15) is 31.4 Å². The van der Waals surface area contributed by atoms with E-state index in [4.69, 9.17) is 0 Å². The van der Waals surface area contributed by atoms with Crippen LogP contribution >= 0.6 is 12.4 Å². The molecule has 20 heavy (non-hydrogen) atoms. The first kappa shape index (κ1) is 16.9. The average molecular weight is 301 g/mol. The van der Waals surface area contributed by atoms with E-state index in [0.717, 1.165) is 25.9 Å². The number of hydrogen-bond acceptors (Lipinski definition) is 2. The lowest BCUT2D eigenvalue weighted by molar-refractivity contribution is -0.136. The third-order valence-electron chi connectivity index (χ3n) is 3.93. The van der Waals surface area contributed by atoms with Crippen molar-refractivity contribution >= 4 is 18.3 Å². The zero-order chi connectivity index (χ0) is 13.8. The summed E-state index contributed by atoms with van der Waals surface area (Å²) in [5.74, 6) is -0.132. The van der Waals surface area contributed by atoms with E-state index in [2.05, 4.69) is 5.32 Å². The van der Waals surface area contributed by atoms with Crippen LogP contribution in [0.25, 0.3) is 0 Å². The van der Waals surface area contributed by atoms with Gasteiger partial charge in [0.2, 0.25) is 5.91 Å². The van der Waals surface area contributed by atoms with Gasteiger partial charge in [-0.1, -0.05) is 18.2 Å². The van der Waals surface area contributed by atoms with Crippen molar-refractivity contribution in [2.45, 2.75) is 25.8 Å². The van der Waals surface area contributed by atoms with E-state index < -0.39 is 0 Å². The highest BCUT2D eigenvalue weighted by Gasteiger charge is 2.27. The minimum Gasteiger partial charge on any atom is -0.339 e. The van der Waals surface area contributed by atoms with E-state index in [0.29, 0.717) is 5.56 Å². The molecule has 0 bridgehead atoms. The Hall–Kier alpha value is -1.13. The van der Waals surface area contributed by atoms with Crippen LogP contribution in [-0.2, 0) is 4.79 Å². The lowest BCUT2D eigenvalue weighted by Gasteiger charge is -2.31. The lowest BCUT2D eigenvalue weighted by atomic mass is 9.97. The molecule has 1 saturated heterocycles. The van der Waals surface area contributed by atoms with Gasteiger partial charge in [0.05, 0.1) is 12.0 Å². The van der Waals surface area contributed by atoms with Crippen LogP contribution in [0.15, 0.2) is 24.3 Å². The van der Waals surface area contributed by atoms with Crippen LogP contribution in [0, 0.1) is 11.7 Å². The molecule has 1 N–H and O–H groups in total. The van der Waals surface area contributed by atoms with E-state index in [1.54, 1.807) is 30.1 Å². The summed E-state index contributed by atoms with van der Waals surface area (Å²) in [4.78, 5) is 14.1. The van der Waals surface area contributed by atoms with Crippen LogP contribution in [-0.4, -0.2) is 30.9 Å². The Labute approximate surface area is 125 Å². The first-order valence-electron chi connectivity index (χ1n) is 6.83. The summed E-state index contributed by atoms with van der Waals surface area (Å²) in [5.41, 5.74) is 0.571. The van der Waals surface area contributed by atoms with Crippen LogP contribution in [0.3, 0.4) is 0 Å². The Balaban J connectivity index is 0.00000200. The quantitative estimate of drug-likeness (QED) is 0.931.